The predicted molar refractivity (Wildman–Crippen MR) is 85.6 cm³/mol. The van der Waals surface area contributed by atoms with Crippen LogP contribution < -0.4 is 10.2 Å². The van der Waals surface area contributed by atoms with E-state index in [4.69, 9.17) is 0 Å². The third-order valence-electron chi connectivity index (χ3n) is 4.58. The molecule has 1 aromatic rings. The number of amides is 1. The number of anilines is 1. The average Bonchev–Trinajstić information content (AvgIpc) is 2.75. The minimum Gasteiger partial charge on any atom is -0.315 e. The van der Waals surface area contributed by atoms with E-state index in [9.17, 15) is 4.79 Å². The standard InChI is InChI=1S/C17H25N3O/c1-14-7-8-15-5-2-3-6-16(15)20(14)17(21)13-19-11-4-9-18-10-12-19/h2-3,5-6,14,18H,4,7-13H2,1H3. The van der Waals surface area contributed by atoms with Gasteiger partial charge in [-0.15, -0.1) is 0 Å². The SMILES string of the molecule is CC1CCc2ccccc2N1C(=O)CN1CCCNCC1. The van der Waals surface area contributed by atoms with Crippen LogP contribution in [0.4, 0.5) is 5.69 Å². The van der Waals surface area contributed by atoms with Crippen molar-refractivity contribution in [2.24, 2.45) is 0 Å². The molecule has 0 aromatic heterocycles. The number of hydrogen-bond acceptors (Lipinski definition) is 3. The van der Waals surface area contributed by atoms with Crippen molar-refractivity contribution in [2.45, 2.75) is 32.2 Å². The molecule has 114 valence electrons. The Morgan fingerprint density at radius 1 is 1.29 bits per heavy atom. The van der Waals surface area contributed by atoms with Gasteiger partial charge in [-0.2, -0.15) is 0 Å². The Morgan fingerprint density at radius 3 is 3.05 bits per heavy atom. The smallest absolute Gasteiger partial charge is 0.241 e. The third-order valence-corrected chi connectivity index (χ3v) is 4.58. The van der Waals surface area contributed by atoms with E-state index >= 15 is 0 Å². The van der Waals surface area contributed by atoms with Crippen LogP contribution in [-0.4, -0.2) is 49.6 Å². The van der Waals surface area contributed by atoms with Gasteiger partial charge in [-0.25, -0.2) is 0 Å². The Morgan fingerprint density at radius 2 is 2.14 bits per heavy atom. The van der Waals surface area contributed by atoms with Crippen molar-refractivity contribution < 1.29 is 4.79 Å². The van der Waals surface area contributed by atoms with Gasteiger partial charge in [0.25, 0.3) is 0 Å². The summed E-state index contributed by atoms with van der Waals surface area (Å²) in [4.78, 5) is 17.1. The Bertz CT molecular complexity index is 495. The molecule has 1 atom stereocenters. The van der Waals surface area contributed by atoms with Gasteiger partial charge in [0.2, 0.25) is 5.91 Å². The minimum atomic E-state index is 0.247. The van der Waals surface area contributed by atoms with Crippen molar-refractivity contribution in [3.8, 4) is 0 Å². The topological polar surface area (TPSA) is 35.6 Å². The molecule has 2 aliphatic rings. The van der Waals surface area contributed by atoms with E-state index in [1.165, 1.54) is 5.56 Å². The zero-order valence-electron chi connectivity index (χ0n) is 12.8. The zero-order chi connectivity index (χ0) is 14.7. The Hall–Kier alpha value is -1.39. The number of fused-ring (bicyclic) bond motifs is 1. The summed E-state index contributed by atoms with van der Waals surface area (Å²) in [7, 11) is 0. The lowest BCUT2D eigenvalue weighted by Gasteiger charge is -2.36. The molecule has 1 amide bonds. The highest BCUT2D eigenvalue weighted by Crippen LogP contribution is 2.30. The number of para-hydroxylation sites is 1. The molecule has 1 unspecified atom stereocenters. The maximum Gasteiger partial charge on any atom is 0.241 e. The van der Waals surface area contributed by atoms with Crippen molar-refractivity contribution in [3.05, 3.63) is 29.8 Å². The Balaban J connectivity index is 1.74. The van der Waals surface area contributed by atoms with E-state index < -0.39 is 0 Å². The number of benzene rings is 1. The largest absolute Gasteiger partial charge is 0.315 e. The van der Waals surface area contributed by atoms with Crippen LogP contribution in [0, 0.1) is 0 Å². The number of carbonyl (C=O) groups excluding carboxylic acids is 1. The summed E-state index contributed by atoms with van der Waals surface area (Å²) in [6.07, 6.45) is 3.26. The van der Waals surface area contributed by atoms with Gasteiger partial charge in [-0.05, 0) is 50.9 Å². The number of nitrogens with one attached hydrogen (secondary N) is 1. The summed E-state index contributed by atoms with van der Waals surface area (Å²) in [5, 5.41) is 3.39. The summed E-state index contributed by atoms with van der Waals surface area (Å²) in [5.74, 6) is 0.247. The highest BCUT2D eigenvalue weighted by molar-refractivity contribution is 5.96. The lowest BCUT2D eigenvalue weighted by molar-refractivity contribution is -0.120. The number of aryl methyl sites for hydroxylation is 1. The van der Waals surface area contributed by atoms with E-state index in [2.05, 4.69) is 35.3 Å². The number of rotatable bonds is 2. The van der Waals surface area contributed by atoms with Gasteiger partial charge >= 0.3 is 0 Å². The molecule has 4 nitrogen and oxygen atoms in total. The maximum absolute atomic E-state index is 12.8. The van der Waals surface area contributed by atoms with Gasteiger partial charge in [0.1, 0.15) is 0 Å². The second kappa shape index (κ2) is 6.58. The second-order valence-corrected chi connectivity index (χ2v) is 6.16. The first-order valence-corrected chi connectivity index (χ1v) is 8.09. The molecule has 4 heteroatoms. The first-order chi connectivity index (χ1) is 10.3. The number of hydrogen-bond donors (Lipinski definition) is 1. The van der Waals surface area contributed by atoms with E-state index in [1.54, 1.807) is 0 Å². The van der Waals surface area contributed by atoms with Gasteiger partial charge in [0.15, 0.2) is 0 Å². The maximum atomic E-state index is 12.8. The minimum absolute atomic E-state index is 0.247. The zero-order valence-corrected chi connectivity index (χ0v) is 12.8. The van der Waals surface area contributed by atoms with E-state index in [0.717, 1.165) is 51.1 Å². The van der Waals surface area contributed by atoms with E-state index in [0.29, 0.717) is 12.6 Å². The van der Waals surface area contributed by atoms with Crippen LogP contribution in [0.5, 0.6) is 0 Å². The van der Waals surface area contributed by atoms with Crippen LogP contribution in [0.1, 0.15) is 25.3 Å². The highest BCUT2D eigenvalue weighted by atomic mass is 16.2. The average molecular weight is 287 g/mol. The van der Waals surface area contributed by atoms with E-state index in [1.807, 2.05) is 11.0 Å². The van der Waals surface area contributed by atoms with Crippen molar-refractivity contribution in [1.29, 1.82) is 0 Å². The molecule has 21 heavy (non-hydrogen) atoms. The van der Waals surface area contributed by atoms with Crippen LogP contribution in [0.15, 0.2) is 24.3 Å². The van der Waals surface area contributed by atoms with Crippen molar-refractivity contribution in [2.75, 3.05) is 37.6 Å². The van der Waals surface area contributed by atoms with Crippen LogP contribution in [-0.2, 0) is 11.2 Å². The molecule has 1 fully saturated rings. The van der Waals surface area contributed by atoms with Crippen molar-refractivity contribution >= 4 is 11.6 Å². The molecule has 0 radical (unpaired) electrons. The fourth-order valence-corrected chi connectivity index (χ4v) is 3.40. The van der Waals surface area contributed by atoms with Crippen molar-refractivity contribution in [1.82, 2.24) is 10.2 Å². The van der Waals surface area contributed by atoms with Gasteiger partial charge in [0.05, 0.1) is 6.54 Å². The molecule has 2 aliphatic heterocycles. The third kappa shape index (κ3) is 3.27. The van der Waals surface area contributed by atoms with Gasteiger partial charge in [0, 0.05) is 24.8 Å². The molecular formula is C17H25N3O. The van der Waals surface area contributed by atoms with Gasteiger partial charge in [-0.3, -0.25) is 9.69 Å². The predicted octanol–water partition coefficient (Wildman–Crippen LogP) is 1.65. The molecular weight excluding hydrogens is 262 g/mol. The van der Waals surface area contributed by atoms with Gasteiger partial charge < -0.3 is 10.2 Å². The molecule has 2 heterocycles. The summed E-state index contributed by atoms with van der Waals surface area (Å²) in [6.45, 7) is 6.74. The lowest BCUT2D eigenvalue weighted by Crippen LogP contribution is -2.47. The quantitative estimate of drug-likeness (QED) is 0.898. The number of carbonyl (C=O) groups is 1. The normalized spacial score (nSPS) is 23.5. The molecule has 0 saturated carbocycles. The van der Waals surface area contributed by atoms with Crippen LogP contribution in [0.2, 0.25) is 0 Å². The van der Waals surface area contributed by atoms with Crippen LogP contribution >= 0.6 is 0 Å². The van der Waals surface area contributed by atoms with Crippen LogP contribution in [0.25, 0.3) is 0 Å². The molecule has 1 aromatic carbocycles. The second-order valence-electron chi connectivity index (χ2n) is 6.16. The summed E-state index contributed by atoms with van der Waals surface area (Å²) in [6, 6.07) is 8.65. The monoisotopic (exact) mass is 287 g/mol. The molecule has 0 aliphatic carbocycles. The summed E-state index contributed by atoms with van der Waals surface area (Å²) < 4.78 is 0. The summed E-state index contributed by atoms with van der Waals surface area (Å²) in [5.41, 5.74) is 2.43. The number of nitrogens with zero attached hydrogens (tertiary/aromatic N) is 2. The molecule has 1 saturated heterocycles. The van der Waals surface area contributed by atoms with E-state index in [-0.39, 0.29) is 5.91 Å². The van der Waals surface area contributed by atoms with Crippen LogP contribution in [0.3, 0.4) is 0 Å². The highest BCUT2D eigenvalue weighted by Gasteiger charge is 2.28. The first-order valence-electron chi connectivity index (χ1n) is 8.09. The van der Waals surface area contributed by atoms with Gasteiger partial charge in [-0.1, -0.05) is 18.2 Å². The fourth-order valence-electron chi connectivity index (χ4n) is 3.40. The van der Waals surface area contributed by atoms with Crippen molar-refractivity contribution in [3.63, 3.8) is 0 Å². The lowest BCUT2D eigenvalue weighted by atomic mass is 9.96. The molecule has 1 N–H and O–H groups in total. The fraction of sp³-hybridized carbons (Fsp3) is 0.588. The molecule has 0 spiro atoms. The summed E-state index contributed by atoms with van der Waals surface area (Å²) >= 11 is 0. The first kappa shape index (κ1) is 14.5. The Labute approximate surface area is 127 Å². The molecule has 0 bridgehead atoms. The Kier molecular flexibility index (Phi) is 4.56. The molecule has 3 rings (SSSR count).